The van der Waals surface area contributed by atoms with E-state index in [1.165, 1.54) is 0 Å². The number of amides is 1. The molecule has 1 atom stereocenters. The molecular formula is C13H16Cl2N2O. The predicted octanol–water partition coefficient (Wildman–Crippen LogP) is 3.04. The molecule has 0 bridgehead atoms. The molecule has 1 saturated carbocycles. The van der Waals surface area contributed by atoms with Crippen molar-refractivity contribution in [2.45, 2.75) is 17.7 Å². The van der Waals surface area contributed by atoms with Crippen LogP contribution in [-0.4, -0.2) is 23.3 Å². The van der Waals surface area contributed by atoms with Gasteiger partial charge in [0.15, 0.2) is 0 Å². The summed E-state index contributed by atoms with van der Waals surface area (Å²) in [7, 11) is 0. The Hall–Kier alpha value is -0.930. The Bertz CT molecular complexity index is 448. The van der Waals surface area contributed by atoms with Crippen LogP contribution < -0.4 is 10.6 Å². The molecule has 1 aromatic rings. The first kappa shape index (κ1) is 13.5. The maximum Gasteiger partial charge on any atom is 0.251 e. The van der Waals surface area contributed by atoms with Gasteiger partial charge in [0.2, 0.25) is 0 Å². The van der Waals surface area contributed by atoms with Crippen LogP contribution in [0.3, 0.4) is 0 Å². The van der Waals surface area contributed by atoms with Crippen LogP contribution in [0.2, 0.25) is 0 Å². The van der Waals surface area contributed by atoms with Gasteiger partial charge in [0, 0.05) is 30.3 Å². The maximum absolute atomic E-state index is 11.7. The molecular weight excluding hydrogens is 271 g/mol. The number of anilines is 1. The topological polar surface area (TPSA) is 41.1 Å². The van der Waals surface area contributed by atoms with Gasteiger partial charge in [-0.2, -0.15) is 0 Å². The third kappa shape index (κ3) is 3.30. The Morgan fingerprint density at radius 1 is 1.50 bits per heavy atom. The van der Waals surface area contributed by atoms with Crippen LogP contribution in [0.5, 0.6) is 0 Å². The molecule has 5 heteroatoms. The molecule has 2 rings (SSSR count). The second-order valence-corrected chi connectivity index (χ2v) is 6.03. The average Bonchev–Trinajstić information content (AvgIpc) is 2.95. The minimum absolute atomic E-state index is 0.0587. The van der Waals surface area contributed by atoms with Gasteiger partial charge in [-0.1, -0.05) is 6.07 Å². The molecule has 1 aliphatic rings. The van der Waals surface area contributed by atoms with E-state index < -0.39 is 4.33 Å². The monoisotopic (exact) mass is 286 g/mol. The van der Waals surface area contributed by atoms with Gasteiger partial charge in [0.05, 0.1) is 0 Å². The molecule has 0 aliphatic heterocycles. The van der Waals surface area contributed by atoms with Gasteiger partial charge >= 0.3 is 0 Å². The lowest BCUT2D eigenvalue weighted by molar-refractivity contribution is 0.0956. The Balaban J connectivity index is 1.93. The van der Waals surface area contributed by atoms with Gasteiger partial charge in [-0.25, -0.2) is 0 Å². The van der Waals surface area contributed by atoms with E-state index in [-0.39, 0.29) is 11.8 Å². The van der Waals surface area contributed by atoms with Crippen LogP contribution in [0.25, 0.3) is 0 Å². The molecule has 18 heavy (non-hydrogen) atoms. The second kappa shape index (κ2) is 5.37. The van der Waals surface area contributed by atoms with Crippen LogP contribution >= 0.6 is 23.2 Å². The minimum atomic E-state index is -0.565. The SMILES string of the molecule is CCNC(=O)c1cccc(NC[C@H]2CC2(Cl)Cl)c1. The molecule has 0 aromatic heterocycles. The highest BCUT2D eigenvalue weighted by Gasteiger charge is 2.51. The second-order valence-electron chi connectivity index (χ2n) is 4.48. The maximum atomic E-state index is 11.7. The van der Waals surface area contributed by atoms with E-state index in [9.17, 15) is 4.79 Å². The molecule has 2 N–H and O–H groups in total. The number of hydrogen-bond donors (Lipinski definition) is 2. The van der Waals surface area contributed by atoms with Gasteiger partial charge in [-0.05, 0) is 31.5 Å². The van der Waals surface area contributed by atoms with E-state index >= 15 is 0 Å². The van der Waals surface area contributed by atoms with E-state index in [4.69, 9.17) is 23.2 Å². The summed E-state index contributed by atoms with van der Waals surface area (Å²) >= 11 is 11.9. The van der Waals surface area contributed by atoms with E-state index in [2.05, 4.69) is 10.6 Å². The zero-order valence-electron chi connectivity index (χ0n) is 10.2. The zero-order valence-corrected chi connectivity index (χ0v) is 11.7. The lowest BCUT2D eigenvalue weighted by Crippen LogP contribution is -2.22. The van der Waals surface area contributed by atoms with Crippen molar-refractivity contribution in [2.75, 3.05) is 18.4 Å². The van der Waals surface area contributed by atoms with Crippen LogP contribution in [0, 0.1) is 5.92 Å². The summed E-state index contributed by atoms with van der Waals surface area (Å²) < 4.78 is -0.565. The molecule has 0 radical (unpaired) electrons. The molecule has 1 aliphatic carbocycles. The lowest BCUT2D eigenvalue weighted by atomic mass is 10.2. The number of carbonyl (C=O) groups is 1. The summed E-state index contributed by atoms with van der Waals surface area (Å²) in [6.45, 7) is 3.25. The number of hydrogen-bond acceptors (Lipinski definition) is 2. The molecule has 0 heterocycles. The molecule has 1 amide bonds. The summed E-state index contributed by atoms with van der Waals surface area (Å²) in [6.07, 6.45) is 0.819. The van der Waals surface area contributed by atoms with Crippen molar-refractivity contribution < 1.29 is 4.79 Å². The zero-order chi connectivity index (χ0) is 13.2. The summed E-state index contributed by atoms with van der Waals surface area (Å²) in [5, 5.41) is 6.02. The first-order valence-electron chi connectivity index (χ1n) is 6.03. The standard InChI is InChI=1S/C13H16Cl2N2O/c1-2-16-12(18)9-4-3-5-11(6-9)17-8-10-7-13(10,14)15/h3-6,10,17H,2,7-8H2,1H3,(H,16,18)/t10-/m1/s1. The van der Waals surface area contributed by atoms with Crippen molar-refractivity contribution in [1.29, 1.82) is 0 Å². The predicted molar refractivity (Wildman–Crippen MR) is 75.5 cm³/mol. The fourth-order valence-corrected chi connectivity index (χ4v) is 2.29. The first-order chi connectivity index (χ1) is 8.53. The Labute approximate surface area is 117 Å². The van der Waals surface area contributed by atoms with Crippen molar-refractivity contribution in [3.8, 4) is 0 Å². The molecule has 1 fully saturated rings. The highest BCUT2D eigenvalue weighted by Crippen LogP contribution is 2.52. The first-order valence-corrected chi connectivity index (χ1v) is 6.78. The molecule has 3 nitrogen and oxygen atoms in total. The largest absolute Gasteiger partial charge is 0.385 e. The lowest BCUT2D eigenvalue weighted by Gasteiger charge is -2.08. The summed E-state index contributed by atoms with van der Waals surface area (Å²) in [6, 6.07) is 7.40. The van der Waals surface area contributed by atoms with Gasteiger partial charge in [0.25, 0.3) is 5.91 Å². The van der Waals surface area contributed by atoms with E-state index in [1.807, 2.05) is 25.1 Å². The van der Waals surface area contributed by atoms with Gasteiger partial charge < -0.3 is 10.6 Å². The fourth-order valence-electron chi connectivity index (χ4n) is 1.77. The Morgan fingerprint density at radius 3 is 2.83 bits per heavy atom. The smallest absolute Gasteiger partial charge is 0.251 e. The van der Waals surface area contributed by atoms with Gasteiger partial charge in [-0.3, -0.25) is 4.79 Å². The summed E-state index contributed by atoms with van der Waals surface area (Å²) in [5.74, 6) is 0.227. The summed E-state index contributed by atoms with van der Waals surface area (Å²) in [4.78, 5) is 11.7. The van der Waals surface area contributed by atoms with Crippen molar-refractivity contribution in [3.63, 3.8) is 0 Å². The quantitative estimate of drug-likeness (QED) is 0.817. The van der Waals surface area contributed by atoms with Crippen molar-refractivity contribution in [3.05, 3.63) is 29.8 Å². The van der Waals surface area contributed by atoms with E-state index in [1.54, 1.807) is 6.07 Å². The van der Waals surface area contributed by atoms with Crippen LogP contribution in [0.15, 0.2) is 24.3 Å². The van der Waals surface area contributed by atoms with Crippen molar-refractivity contribution >= 4 is 34.8 Å². The van der Waals surface area contributed by atoms with Gasteiger partial charge in [-0.15, -0.1) is 23.2 Å². The van der Waals surface area contributed by atoms with Gasteiger partial charge in [0.1, 0.15) is 4.33 Å². The van der Waals surface area contributed by atoms with Crippen LogP contribution in [0.1, 0.15) is 23.7 Å². The molecule has 0 spiro atoms. The normalized spacial score (nSPS) is 20.3. The number of nitrogens with one attached hydrogen (secondary N) is 2. The highest BCUT2D eigenvalue weighted by atomic mass is 35.5. The van der Waals surface area contributed by atoms with Crippen molar-refractivity contribution in [1.82, 2.24) is 5.32 Å². The van der Waals surface area contributed by atoms with E-state index in [0.29, 0.717) is 12.1 Å². The van der Waals surface area contributed by atoms with Crippen molar-refractivity contribution in [2.24, 2.45) is 5.92 Å². The molecule has 0 unspecified atom stereocenters. The number of rotatable bonds is 5. The minimum Gasteiger partial charge on any atom is -0.385 e. The number of carbonyl (C=O) groups excluding carboxylic acids is 1. The van der Waals surface area contributed by atoms with Crippen LogP contribution in [-0.2, 0) is 0 Å². The summed E-state index contributed by atoms with van der Waals surface area (Å²) in [5.41, 5.74) is 1.57. The highest BCUT2D eigenvalue weighted by molar-refractivity contribution is 6.50. The molecule has 0 saturated heterocycles. The van der Waals surface area contributed by atoms with Crippen LogP contribution in [0.4, 0.5) is 5.69 Å². The third-order valence-corrected chi connectivity index (χ3v) is 3.90. The third-order valence-electron chi connectivity index (χ3n) is 2.97. The fraction of sp³-hybridized carbons (Fsp3) is 0.462. The molecule has 98 valence electrons. The average molecular weight is 287 g/mol. The molecule has 1 aromatic carbocycles. The Morgan fingerprint density at radius 2 is 2.22 bits per heavy atom. The number of halogens is 2. The number of benzene rings is 1. The van der Waals surface area contributed by atoms with E-state index in [0.717, 1.165) is 18.7 Å². The number of alkyl halides is 2. The Kier molecular flexibility index (Phi) is 4.03.